The van der Waals surface area contributed by atoms with Gasteiger partial charge >= 0.3 is 0 Å². The highest BCUT2D eigenvalue weighted by atomic mass is 32.2. The lowest BCUT2D eigenvalue weighted by Gasteiger charge is -2.62. The first-order chi connectivity index (χ1) is 16.3. The zero-order valence-corrected chi connectivity index (χ0v) is 21.9. The van der Waals surface area contributed by atoms with Crippen LogP contribution in [0.1, 0.15) is 83.6 Å². The third-order valence-electron chi connectivity index (χ3n) is 11.3. The zero-order chi connectivity index (χ0) is 23.6. The van der Waals surface area contributed by atoms with Crippen molar-refractivity contribution in [1.82, 2.24) is 4.90 Å². The minimum Gasteiger partial charge on any atom is -0.472 e. The van der Waals surface area contributed by atoms with E-state index in [1.165, 1.54) is 51.1 Å². The van der Waals surface area contributed by atoms with Crippen LogP contribution in [0, 0.1) is 22.7 Å². The zero-order valence-electron chi connectivity index (χ0n) is 21.1. The summed E-state index contributed by atoms with van der Waals surface area (Å²) in [5, 5.41) is 24.9. The maximum absolute atomic E-state index is 12.4. The Labute approximate surface area is 209 Å². The Morgan fingerprint density at radius 3 is 2.62 bits per heavy atom. The summed E-state index contributed by atoms with van der Waals surface area (Å²) >= 11 is 2.17. The van der Waals surface area contributed by atoms with Gasteiger partial charge in [-0.05, 0) is 101 Å². The van der Waals surface area contributed by atoms with Crippen LogP contribution in [0.25, 0.3) is 0 Å². The smallest absolute Gasteiger partial charge is 0.101 e. The molecule has 0 aromatic carbocycles. The number of furan rings is 1. The maximum atomic E-state index is 12.4. The van der Waals surface area contributed by atoms with Crippen LogP contribution >= 0.6 is 11.8 Å². The third kappa shape index (κ3) is 3.29. The van der Waals surface area contributed by atoms with Crippen LogP contribution in [0.3, 0.4) is 0 Å². The van der Waals surface area contributed by atoms with Crippen LogP contribution in [-0.4, -0.2) is 51.4 Å². The topological polar surface area (TPSA) is 56.8 Å². The van der Waals surface area contributed by atoms with Gasteiger partial charge in [-0.3, -0.25) is 0 Å². The number of hydrogen-bond donors (Lipinski definition) is 2. The summed E-state index contributed by atoms with van der Waals surface area (Å²) < 4.78 is 5.36. The number of thioether (sulfide) groups is 1. The van der Waals surface area contributed by atoms with Crippen molar-refractivity contribution in [2.24, 2.45) is 22.7 Å². The molecule has 34 heavy (non-hydrogen) atoms. The van der Waals surface area contributed by atoms with Gasteiger partial charge in [0.2, 0.25) is 0 Å². The van der Waals surface area contributed by atoms with Crippen LogP contribution in [0.4, 0.5) is 0 Å². The fraction of sp³-hybridized carbons (Fsp3) is 0.793. The van der Waals surface area contributed by atoms with Crippen molar-refractivity contribution in [3.05, 3.63) is 35.8 Å². The van der Waals surface area contributed by atoms with Crippen LogP contribution in [0.15, 0.2) is 34.7 Å². The molecular weight excluding hydrogens is 442 g/mol. The van der Waals surface area contributed by atoms with E-state index < -0.39 is 16.6 Å². The molecule has 1 saturated heterocycles. The molecule has 2 heterocycles. The molecule has 5 aliphatic rings. The molecular formula is C29H43NO3S. The van der Waals surface area contributed by atoms with Gasteiger partial charge in [0.25, 0.3) is 0 Å². The van der Waals surface area contributed by atoms with Gasteiger partial charge in [-0.25, -0.2) is 0 Å². The van der Waals surface area contributed by atoms with Gasteiger partial charge in [-0.1, -0.05) is 25.5 Å². The summed E-state index contributed by atoms with van der Waals surface area (Å²) in [4.78, 5) is 2.63. The van der Waals surface area contributed by atoms with Crippen LogP contribution < -0.4 is 0 Å². The Morgan fingerprint density at radius 1 is 1.03 bits per heavy atom. The number of fused-ring (bicyclic) bond motifs is 5. The van der Waals surface area contributed by atoms with E-state index in [-0.39, 0.29) is 11.3 Å². The Morgan fingerprint density at radius 2 is 1.85 bits per heavy atom. The maximum Gasteiger partial charge on any atom is 0.101 e. The van der Waals surface area contributed by atoms with Crippen LogP contribution in [-0.2, 0) is 5.60 Å². The molecule has 6 rings (SSSR count). The summed E-state index contributed by atoms with van der Waals surface area (Å²) in [5.74, 6) is 2.04. The number of likely N-dealkylation sites (tertiary alicyclic amines) is 1. The molecule has 4 aliphatic carbocycles. The van der Waals surface area contributed by atoms with Crippen molar-refractivity contribution in [2.45, 2.75) is 94.5 Å². The van der Waals surface area contributed by atoms with Gasteiger partial charge in [0.1, 0.15) is 5.60 Å². The highest BCUT2D eigenvalue weighted by Crippen LogP contribution is 2.71. The fourth-order valence-electron chi connectivity index (χ4n) is 9.12. The van der Waals surface area contributed by atoms with Gasteiger partial charge in [0, 0.05) is 28.5 Å². The summed E-state index contributed by atoms with van der Waals surface area (Å²) in [6.45, 7) is 8.50. The van der Waals surface area contributed by atoms with E-state index in [0.717, 1.165) is 31.2 Å². The summed E-state index contributed by atoms with van der Waals surface area (Å²) in [7, 11) is 0. The molecule has 1 aliphatic heterocycles. The quantitative estimate of drug-likeness (QED) is 0.521. The van der Waals surface area contributed by atoms with Crippen molar-refractivity contribution in [3.63, 3.8) is 0 Å². The van der Waals surface area contributed by atoms with Crippen LogP contribution in [0.5, 0.6) is 0 Å². The second-order valence-electron chi connectivity index (χ2n) is 12.5. The molecule has 7 atom stereocenters. The van der Waals surface area contributed by atoms with Gasteiger partial charge in [0.15, 0.2) is 0 Å². The molecule has 2 N–H and O–H groups in total. The first-order valence-corrected chi connectivity index (χ1v) is 14.9. The minimum absolute atomic E-state index is 0.211. The number of hydrogen-bond acceptors (Lipinski definition) is 5. The van der Waals surface area contributed by atoms with E-state index >= 15 is 0 Å². The second-order valence-corrected chi connectivity index (χ2v) is 13.9. The average molecular weight is 486 g/mol. The van der Waals surface area contributed by atoms with E-state index in [1.807, 2.05) is 6.07 Å². The molecule has 188 valence electrons. The van der Waals surface area contributed by atoms with Gasteiger partial charge in [0.05, 0.1) is 18.1 Å². The van der Waals surface area contributed by atoms with Crippen molar-refractivity contribution in [2.75, 3.05) is 25.4 Å². The summed E-state index contributed by atoms with van der Waals surface area (Å²) in [6, 6.07) is 1.90. The lowest BCUT2D eigenvalue weighted by Crippen LogP contribution is -2.63. The van der Waals surface area contributed by atoms with Gasteiger partial charge in [-0.2, -0.15) is 11.8 Å². The van der Waals surface area contributed by atoms with E-state index in [1.54, 1.807) is 18.1 Å². The average Bonchev–Trinajstić information content (AvgIpc) is 3.57. The molecule has 1 aromatic rings. The highest BCUT2D eigenvalue weighted by molar-refractivity contribution is 8.00. The van der Waals surface area contributed by atoms with Crippen molar-refractivity contribution in [3.8, 4) is 0 Å². The fourth-order valence-corrected chi connectivity index (χ4v) is 10.3. The Kier molecular flexibility index (Phi) is 5.84. The normalized spacial score (nSPS) is 46.6. The standard InChI is InChI=1S/C29H43NO3S/c1-26-10-7-23(34-18-16-30-14-3-4-15-30)19-21(26)5-6-25-24(26)8-11-27(2)28(31,12-13-29(25,27)32)22-9-17-33-20-22/h9,17,19-20,23-25,31-32H,3-8,10-16,18H2,1-2H3/t23?,24-,25-,26+,27-,28?,29-/m1/s1. The Balaban J connectivity index is 1.20. The lowest BCUT2D eigenvalue weighted by atomic mass is 9.44. The largest absolute Gasteiger partial charge is 0.472 e. The SMILES string of the molecule is C[C@]12CCC(SCCN3CCCC3)C=C1CC[C@@H]1[C@H]2CC[C@]2(C)C(O)(c3ccoc3)CC[C@@]12O. The Hall–Kier alpha value is -0.750. The molecule has 0 radical (unpaired) electrons. The molecule has 0 spiro atoms. The summed E-state index contributed by atoms with van der Waals surface area (Å²) in [5.41, 5.74) is 0.401. The minimum atomic E-state index is -1.000. The predicted molar refractivity (Wildman–Crippen MR) is 138 cm³/mol. The Bertz CT molecular complexity index is 926. The second kappa shape index (κ2) is 8.39. The van der Waals surface area contributed by atoms with E-state index in [2.05, 4.69) is 36.6 Å². The van der Waals surface area contributed by atoms with Crippen molar-refractivity contribution in [1.29, 1.82) is 0 Å². The van der Waals surface area contributed by atoms with Crippen LogP contribution in [0.2, 0.25) is 0 Å². The lowest BCUT2D eigenvalue weighted by molar-refractivity contribution is -0.221. The monoisotopic (exact) mass is 485 g/mol. The first-order valence-electron chi connectivity index (χ1n) is 13.8. The molecule has 0 amide bonds. The molecule has 5 heteroatoms. The highest BCUT2D eigenvalue weighted by Gasteiger charge is 2.71. The first kappa shape index (κ1) is 23.6. The van der Waals surface area contributed by atoms with Gasteiger partial charge < -0.3 is 19.5 Å². The molecule has 1 aromatic heterocycles. The molecule has 3 saturated carbocycles. The summed E-state index contributed by atoms with van der Waals surface area (Å²) in [6.07, 6.45) is 16.7. The number of nitrogens with zero attached hydrogens (tertiary/aromatic N) is 1. The number of aliphatic hydroxyl groups is 2. The van der Waals surface area contributed by atoms with Crippen molar-refractivity contribution >= 4 is 11.8 Å². The number of rotatable bonds is 5. The van der Waals surface area contributed by atoms with Crippen molar-refractivity contribution < 1.29 is 14.6 Å². The number of allylic oxidation sites excluding steroid dienone is 1. The molecule has 2 unspecified atom stereocenters. The van der Waals surface area contributed by atoms with E-state index in [9.17, 15) is 10.2 Å². The van der Waals surface area contributed by atoms with Gasteiger partial charge in [-0.15, -0.1) is 0 Å². The van der Waals surface area contributed by atoms with E-state index in [4.69, 9.17) is 4.42 Å². The molecule has 4 nitrogen and oxygen atoms in total. The predicted octanol–water partition coefficient (Wildman–Crippen LogP) is 5.74. The van der Waals surface area contributed by atoms with E-state index in [0.29, 0.717) is 24.0 Å². The molecule has 0 bridgehead atoms. The molecule has 4 fully saturated rings. The third-order valence-corrected chi connectivity index (χ3v) is 12.6.